The summed E-state index contributed by atoms with van der Waals surface area (Å²) >= 11 is 1.33. The summed E-state index contributed by atoms with van der Waals surface area (Å²) in [6, 6.07) is 10.4. The minimum atomic E-state index is -0.378. The van der Waals surface area contributed by atoms with Crippen LogP contribution in [-0.2, 0) is 11.3 Å². The summed E-state index contributed by atoms with van der Waals surface area (Å²) in [5.74, 6) is 1.11. The van der Waals surface area contributed by atoms with Crippen molar-refractivity contribution in [2.24, 2.45) is 0 Å². The summed E-state index contributed by atoms with van der Waals surface area (Å²) in [7, 11) is 0. The molecule has 27 heavy (non-hydrogen) atoms. The Morgan fingerprint density at radius 2 is 1.96 bits per heavy atom. The van der Waals surface area contributed by atoms with E-state index in [4.69, 9.17) is 4.42 Å². The van der Waals surface area contributed by atoms with Gasteiger partial charge in [0, 0.05) is 17.8 Å². The van der Waals surface area contributed by atoms with Crippen LogP contribution in [0.3, 0.4) is 0 Å². The van der Waals surface area contributed by atoms with E-state index in [1.54, 1.807) is 36.6 Å². The molecule has 1 N–H and O–H groups in total. The number of carbonyl (C=O) groups excluding carboxylic acids is 2. The zero-order valence-corrected chi connectivity index (χ0v) is 16.1. The second-order valence-electron chi connectivity index (χ2n) is 5.91. The smallest absolute Gasteiger partial charge is 0.237 e. The van der Waals surface area contributed by atoms with Crippen molar-refractivity contribution in [2.75, 3.05) is 5.32 Å². The Hall–Kier alpha value is -2.87. The molecule has 1 unspecified atom stereocenters. The van der Waals surface area contributed by atoms with Crippen molar-refractivity contribution < 1.29 is 14.0 Å². The van der Waals surface area contributed by atoms with E-state index in [0.29, 0.717) is 34.5 Å². The summed E-state index contributed by atoms with van der Waals surface area (Å²) < 4.78 is 7.31. The fraction of sp³-hybridized carbons (Fsp3) is 0.263. The predicted molar refractivity (Wildman–Crippen MR) is 104 cm³/mol. The van der Waals surface area contributed by atoms with Gasteiger partial charge in [-0.3, -0.25) is 14.2 Å². The quantitative estimate of drug-likeness (QED) is 0.491. The number of furan rings is 1. The molecule has 0 aliphatic carbocycles. The number of aromatic nitrogens is 3. The van der Waals surface area contributed by atoms with Gasteiger partial charge in [-0.1, -0.05) is 11.8 Å². The number of nitrogens with zero attached hydrogens (tertiary/aromatic N) is 3. The summed E-state index contributed by atoms with van der Waals surface area (Å²) in [5.41, 5.74) is 1.25. The number of benzene rings is 1. The molecule has 3 aromatic rings. The van der Waals surface area contributed by atoms with Crippen LogP contribution in [0.25, 0.3) is 11.6 Å². The second kappa shape index (κ2) is 8.22. The Balaban J connectivity index is 1.68. The van der Waals surface area contributed by atoms with E-state index in [1.807, 2.05) is 24.5 Å². The van der Waals surface area contributed by atoms with Crippen LogP contribution in [0.2, 0.25) is 0 Å². The molecule has 0 bridgehead atoms. The molecule has 140 valence electrons. The lowest BCUT2D eigenvalue weighted by Gasteiger charge is -2.12. The first-order valence-corrected chi connectivity index (χ1v) is 9.43. The molecule has 0 saturated carbocycles. The van der Waals surface area contributed by atoms with Crippen molar-refractivity contribution in [1.82, 2.24) is 14.8 Å². The van der Waals surface area contributed by atoms with Crippen LogP contribution in [0, 0.1) is 0 Å². The Kier molecular flexibility index (Phi) is 5.75. The van der Waals surface area contributed by atoms with Crippen molar-refractivity contribution in [3.63, 3.8) is 0 Å². The van der Waals surface area contributed by atoms with Crippen LogP contribution in [0.15, 0.2) is 52.2 Å². The lowest BCUT2D eigenvalue weighted by Crippen LogP contribution is -2.23. The maximum Gasteiger partial charge on any atom is 0.237 e. The fourth-order valence-corrected chi connectivity index (χ4v) is 3.41. The fourth-order valence-electron chi connectivity index (χ4n) is 2.49. The van der Waals surface area contributed by atoms with Gasteiger partial charge in [0.2, 0.25) is 5.91 Å². The largest absolute Gasteiger partial charge is 0.461 e. The molecule has 0 saturated heterocycles. The summed E-state index contributed by atoms with van der Waals surface area (Å²) in [6.45, 7) is 5.96. The monoisotopic (exact) mass is 384 g/mol. The molecule has 1 aromatic carbocycles. The predicted octanol–water partition coefficient (Wildman–Crippen LogP) is 3.88. The molecule has 1 amide bonds. The molecule has 1 atom stereocenters. The Labute approximate surface area is 161 Å². The molecule has 3 rings (SSSR count). The maximum absolute atomic E-state index is 12.5. The van der Waals surface area contributed by atoms with Crippen LogP contribution in [-0.4, -0.2) is 31.7 Å². The lowest BCUT2D eigenvalue weighted by atomic mass is 10.1. The van der Waals surface area contributed by atoms with E-state index in [0.717, 1.165) is 0 Å². The average Bonchev–Trinajstić information content (AvgIpc) is 3.31. The minimum absolute atomic E-state index is 0.0111. The number of Topliss-reactive ketones (excluding diaryl/α,β-unsaturated/α-hetero) is 1. The van der Waals surface area contributed by atoms with Gasteiger partial charge < -0.3 is 9.73 Å². The van der Waals surface area contributed by atoms with Gasteiger partial charge in [-0.2, -0.15) is 0 Å². The minimum Gasteiger partial charge on any atom is -0.461 e. The first kappa shape index (κ1) is 18.9. The highest BCUT2D eigenvalue weighted by Gasteiger charge is 2.21. The number of ketones is 1. The van der Waals surface area contributed by atoms with Crippen LogP contribution < -0.4 is 5.32 Å². The molecule has 2 heterocycles. The molecular formula is C19H20N4O3S. The van der Waals surface area contributed by atoms with Gasteiger partial charge in [-0.25, -0.2) is 0 Å². The highest BCUT2D eigenvalue weighted by molar-refractivity contribution is 8.00. The van der Waals surface area contributed by atoms with Crippen LogP contribution in [0.1, 0.15) is 31.1 Å². The molecule has 8 heteroatoms. The van der Waals surface area contributed by atoms with Gasteiger partial charge in [0.1, 0.15) is 0 Å². The zero-order valence-electron chi connectivity index (χ0n) is 15.3. The molecule has 0 aliphatic rings. The molecule has 0 radical (unpaired) electrons. The first-order chi connectivity index (χ1) is 13.0. The zero-order chi connectivity index (χ0) is 19.4. The van der Waals surface area contributed by atoms with Gasteiger partial charge in [-0.05, 0) is 57.2 Å². The summed E-state index contributed by atoms with van der Waals surface area (Å²) in [4.78, 5) is 23.8. The highest BCUT2D eigenvalue weighted by Crippen LogP contribution is 2.27. The lowest BCUT2D eigenvalue weighted by molar-refractivity contribution is -0.115. The number of rotatable bonds is 7. The van der Waals surface area contributed by atoms with E-state index < -0.39 is 0 Å². The van der Waals surface area contributed by atoms with Crippen LogP contribution >= 0.6 is 11.8 Å². The maximum atomic E-state index is 12.5. The SMILES string of the molecule is CCn1c(SC(C)C(=O)Nc2ccc(C(C)=O)cc2)nnc1-c1ccco1. The molecular weight excluding hydrogens is 364 g/mol. The van der Waals surface area contributed by atoms with Crippen molar-refractivity contribution >= 4 is 29.1 Å². The van der Waals surface area contributed by atoms with Crippen LogP contribution in [0.5, 0.6) is 0 Å². The molecule has 7 nitrogen and oxygen atoms in total. The van der Waals surface area contributed by atoms with Gasteiger partial charge >= 0.3 is 0 Å². The van der Waals surface area contributed by atoms with Gasteiger partial charge in [0.25, 0.3) is 0 Å². The van der Waals surface area contributed by atoms with E-state index in [2.05, 4.69) is 15.5 Å². The van der Waals surface area contributed by atoms with Crippen LogP contribution in [0.4, 0.5) is 5.69 Å². The Bertz CT molecular complexity index is 933. The standard InChI is InChI=1S/C19H20N4O3S/c1-4-23-17(16-6-5-11-26-16)21-22-19(23)27-13(3)18(25)20-15-9-7-14(8-10-15)12(2)24/h5-11,13H,4H2,1-3H3,(H,20,25). The third-order valence-electron chi connectivity index (χ3n) is 3.99. The summed E-state index contributed by atoms with van der Waals surface area (Å²) in [6.07, 6.45) is 1.59. The number of hydrogen-bond acceptors (Lipinski definition) is 6. The van der Waals surface area contributed by atoms with E-state index in [1.165, 1.54) is 18.7 Å². The molecule has 0 aliphatic heterocycles. The number of anilines is 1. The number of carbonyl (C=O) groups is 2. The number of amides is 1. The molecule has 2 aromatic heterocycles. The third kappa shape index (κ3) is 4.28. The van der Waals surface area contributed by atoms with E-state index in [9.17, 15) is 9.59 Å². The number of thioether (sulfide) groups is 1. The number of hydrogen-bond donors (Lipinski definition) is 1. The third-order valence-corrected chi connectivity index (χ3v) is 5.07. The first-order valence-electron chi connectivity index (χ1n) is 8.55. The normalized spacial score (nSPS) is 12.0. The molecule has 0 fully saturated rings. The Morgan fingerprint density at radius 1 is 1.22 bits per heavy atom. The van der Waals surface area contributed by atoms with Crippen molar-refractivity contribution in [3.8, 4) is 11.6 Å². The molecule has 0 spiro atoms. The van der Waals surface area contributed by atoms with Crippen molar-refractivity contribution in [3.05, 3.63) is 48.2 Å². The average molecular weight is 384 g/mol. The van der Waals surface area contributed by atoms with Crippen molar-refractivity contribution in [1.29, 1.82) is 0 Å². The highest BCUT2D eigenvalue weighted by atomic mass is 32.2. The summed E-state index contributed by atoms with van der Waals surface area (Å²) in [5, 5.41) is 11.5. The van der Waals surface area contributed by atoms with E-state index >= 15 is 0 Å². The second-order valence-corrected chi connectivity index (χ2v) is 7.22. The van der Waals surface area contributed by atoms with Gasteiger partial charge in [0.05, 0.1) is 11.5 Å². The van der Waals surface area contributed by atoms with Gasteiger partial charge in [0.15, 0.2) is 22.5 Å². The number of nitrogens with one attached hydrogen (secondary N) is 1. The van der Waals surface area contributed by atoms with Crippen molar-refractivity contribution in [2.45, 2.75) is 37.7 Å². The Morgan fingerprint density at radius 3 is 2.56 bits per heavy atom. The van der Waals surface area contributed by atoms with Gasteiger partial charge in [-0.15, -0.1) is 10.2 Å². The topological polar surface area (TPSA) is 90.0 Å². The van der Waals surface area contributed by atoms with E-state index in [-0.39, 0.29) is 16.9 Å².